The van der Waals surface area contributed by atoms with Crippen LogP contribution in [0.15, 0.2) is 103 Å². The summed E-state index contributed by atoms with van der Waals surface area (Å²) in [6, 6.07) is 21.2. The lowest BCUT2D eigenvalue weighted by Crippen LogP contribution is -2.30. The van der Waals surface area contributed by atoms with Crippen LogP contribution in [0.5, 0.6) is 0 Å². The van der Waals surface area contributed by atoms with E-state index in [1.807, 2.05) is 60.7 Å². The summed E-state index contributed by atoms with van der Waals surface area (Å²) in [5, 5.41) is 10.6. The summed E-state index contributed by atoms with van der Waals surface area (Å²) in [6.07, 6.45) is 6.19. The third-order valence-corrected chi connectivity index (χ3v) is 4.74. The molecule has 29 heavy (non-hydrogen) atoms. The maximum absolute atomic E-state index is 13.0. The molecule has 4 rings (SSSR count). The smallest absolute Gasteiger partial charge is 0.294 e. The van der Waals surface area contributed by atoms with E-state index >= 15 is 0 Å². The lowest BCUT2D eigenvalue weighted by molar-refractivity contribution is -0.117. The average Bonchev–Trinajstić information content (AvgIpc) is 3.05. The molecule has 1 aromatic heterocycles. The Morgan fingerprint density at radius 1 is 0.966 bits per heavy atom. The van der Waals surface area contributed by atoms with Gasteiger partial charge in [-0.25, -0.2) is 0 Å². The van der Waals surface area contributed by atoms with E-state index in [4.69, 9.17) is 0 Å². The van der Waals surface area contributed by atoms with Gasteiger partial charge in [0.2, 0.25) is 0 Å². The van der Waals surface area contributed by atoms with Gasteiger partial charge >= 0.3 is 0 Å². The first kappa shape index (κ1) is 18.4. The molecule has 1 amide bonds. The van der Waals surface area contributed by atoms with Gasteiger partial charge in [0.25, 0.3) is 5.91 Å². The largest absolute Gasteiger partial charge is 0.503 e. The summed E-state index contributed by atoms with van der Waals surface area (Å²) >= 11 is 0. The quantitative estimate of drug-likeness (QED) is 0.669. The number of hydrogen-bond acceptors (Lipinski definition) is 4. The van der Waals surface area contributed by atoms with E-state index in [1.54, 1.807) is 24.4 Å². The average molecular weight is 382 g/mol. The summed E-state index contributed by atoms with van der Waals surface area (Å²) in [5.41, 5.74) is 2.14. The molecule has 0 aliphatic carbocycles. The Morgan fingerprint density at radius 2 is 1.66 bits per heavy atom. The van der Waals surface area contributed by atoms with Gasteiger partial charge in [-0.15, -0.1) is 0 Å². The Hall–Kier alpha value is -3.99. The maximum atomic E-state index is 13.0. The molecular weight excluding hydrogens is 364 g/mol. The third-order valence-electron chi connectivity index (χ3n) is 4.74. The van der Waals surface area contributed by atoms with E-state index in [2.05, 4.69) is 4.98 Å². The lowest BCUT2D eigenvalue weighted by atomic mass is 9.95. The molecule has 0 fully saturated rings. The van der Waals surface area contributed by atoms with Gasteiger partial charge in [-0.2, -0.15) is 0 Å². The van der Waals surface area contributed by atoms with E-state index in [-0.39, 0.29) is 5.57 Å². The predicted octanol–water partition coefficient (Wildman–Crippen LogP) is 4.26. The Labute approximate surface area is 168 Å². The van der Waals surface area contributed by atoms with Crippen LogP contribution in [-0.4, -0.2) is 21.8 Å². The number of ketones is 1. The first-order chi connectivity index (χ1) is 14.2. The van der Waals surface area contributed by atoms with Crippen molar-refractivity contribution < 1.29 is 14.7 Å². The number of hydrogen-bond donors (Lipinski definition) is 1. The zero-order valence-corrected chi connectivity index (χ0v) is 15.5. The summed E-state index contributed by atoms with van der Waals surface area (Å²) in [6.45, 7) is 0. The highest BCUT2D eigenvalue weighted by Crippen LogP contribution is 2.40. The van der Waals surface area contributed by atoms with E-state index in [9.17, 15) is 14.7 Å². The fraction of sp³-hybridized carbons (Fsp3) is 0.0417. The molecule has 1 aliphatic heterocycles. The van der Waals surface area contributed by atoms with E-state index in [0.717, 1.165) is 11.1 Å². The predicted molar refractivity (Wildman–Crippen MR) is 111 cm³/mol. The molecule has 1 aliphatic rings. The van der Waals surface area contributed by atoms with Gasteiger partial charge in [-0.3, -0.25) is 19.5 Å². The van der Waals surface area contributed by atoms with Crippen LogP contribution in [0, 0.1) is 0 Å². The van der Waals surface area contributed by atoms with Crippen LogP contribution in [0.4, 0.5) is 5.69 Å². The van der Waals surface area contributed by atoms with Gasteiger partial charge < -0.3 is 5.11 Å². The van der Waals surface area contributed by atoms with Crippen molar-refractivity contribution in [3.63, 3.8) is 0 Å². The van der Waals surface area contributed by atoms with E-state index in [1.165, 1.54) is 17.2 Å². The van der Waals surface area contributed by atoms with Crippen molar-refractivity contribution >= 4 is 23.5 Å². The second-order valence-electron chi connectivity index (χ2n) is 6.57. The Balaban J connectivity index is 1.77. The van der Waals surface area contributed by atoms with E-state index in [0.29, 0.717) is 5.69 Å². The zero-order chi connectivity index (χ0) is 20.2. The first-order valence-electron chi connectivity index (χ1n) is 9.16. The fourth-order valence-electron chi connectivity index (χ4n) is 3.40. The number of allylic oxidation sites excluding steroid dienone is 1. The second-order valence-corrected chi connectivity index (χ2v) is 6.57. The molecule has 5 nitrogen and oxygen atoms in total. The van der Waals surface area contributed by atoms with Gasteiger partial charge in [0, 0.05) is 6.20 Å². The Bertz CT molecular complexity index is 1090. The highest BCUT2D eigenvalue weighted by molar-refractivity contribution is 6.19. The number of amides is 1. The molecule has 3 aromatic rings. The van der Waals surface area contributed by atoms with Crippen molar-refractivity contribution in [3.05, 3.63) is 114 Å². The molecular formula is C24H18N2O3. The fourth-order valence-corrected chi connectivity index (χ4v) is 3.40. The molecule has 1 N–H and O–H groups in total. The minimum Gasteiger partial charge on any atom is -0.503 e. The van der Waals surface area contributed by atoms with Crippen molar-refractivity contribution in [2.45, 2.75) is 6.04 Å². The molecule has 142 valence electrons. The van der Waals surface area contributed by atoms with Crippen LogP contribution >= 0.6 is 0 Å². The van der Waals surface area contributed by atoms with Crippen LogP contribution in [0.25, 0.3) is 6.08 Å². The lowest BCUT2D eigenvalue weighted by Gasteiger charge is -2.26. The van der Waals surface area contributed by atoms with Crippen LogP contribution in [0.3, 0.4) is 0 Å². The molecule has 0 saturated heterocycles. The van der Waals surface area contributed by atoms with Crippen molar-refractivity contribution in [3.8, 4) is 0 Å². The SMILES string of the molecule is O=C(/C=C/c1ccccc1)C1=C(O)C(=O)N(c2cccnc2)[C@@H]1c1ccccc1. The topological polar surface area (TPSA) is 70.5 Å². The zero-order valence-electron chi connectivity index (χ0n) is 15.5. The highest BCUT2D eigenvalue weighted by atomic mass is 16.3. The molecule has 2 heterocycles. The first-order valence-corrected chi connectivity index (χ1v) is 9.16. The molecule has 0 unspecified atom stereocenters. The number of nitrogens with zero attached hydrogens (tertiary/aromatic N) is 2. The monoisotopic (exact) mass is 382 g/mol. The van der Waals surface area contributed by atoms with Gasteiger partial charge in [0.15, 0.2) is 11.5 Å². The van der Waals surface area contributed by atoms with Gasteiger partial charge in [-0.05, 0) is 29.3 Å². The minimum absolute atomic E-state index is 0.0530. The third kappa shape index (κ3) is 3.58. The van der Waals surface area contributed by atoms with Gasteiger partial charge in [0.05, 0.1) is 23.5 Å². The standard InChI is InChI=1S/C24H18N2O3/c27-20(14-13-17-8-3-1-4-9-17)21-22(18-10-5-2-6-11-18)26(24(29)23(21)28)19-12-7-15-25-16-19/h1-16,22,28H/b14-13+/t22-/m1/s1. The van der Waals surface area contributed by atoms with Crippen LogP contribution in [-0.2, 0) is 9.59 Å². The van der Waals surface area contributed by atoms with E-state index < -0.39 is 23.5 Å². The van der Waals surface area contributed by atoms with Gasteiger partial charge in [0.1, 0.15) is 0 Å². The number of rotatable bonds is 5. The highest BCUT2D eigenvalue weighted by Gasteiger charge is 2.43. The maximum Gasteiger partial charge on any atom is 0.294 e. The molecule has 0 radical (unpaired) electrons. The number of carbonyl (C=O) groups excluding carboxylic acids is 2. The molecule has 2 aromatic carbocycles. The number of aliphatic hydroxyl groups excluding tert-OH is 1. The number of carbonyl (C=O) groups is 2. The molecule has 0 bridgehead atoms. The van der Waals surface area contributed by atoms with Crippen LogP contribution < -0.4 is 4.90 Å². The Morgan fingerprint density at radius 3 is 2.31 bits per heavy atom. The summed E-state index contributed by atoms with van der Waals surface area (Å²) in [5.74, 6) is -1.58. The number of anilines is 1. The van der Waals surface area contributed by atoms with Crippen molar-refractivity contribution in [2.75, 3.05) is 4.90 Å². The van der Waals surface area contributed by atoms with Gasteiger partial charge in [-0.1, -0.05) is 66.7 Å². The van der Waals surface area contributed by atoms with Crippen molar-refractivity contribution in [2.24, 2.45) is 0 Å². The summed E-state index contributed by atoms with van der Waals surface area (Å²) < 4.78 is 0. The number of benzene rings is 2. The number of aliphatic hydroxyl groups is 1. The molecule has 5 heteroatoms. The Kier molecular flexibility index (Phi) is 5.03. The van der Waals surface area contributed by atoms with Crippen LogP contribution in [0.1, 0.15) is 17.2 Å². The summed E-state index contributed by atoms with van der Waals surface area (Å²) in [4.78, 5) is 31.4. The number of pyridine rings is 1. The van der Waals surface area contributed by atoms with Crippen LogP contribution in [0.2, 0.25) is 0 Å². The second kappa shape index (κ2) is 7.94. The molecule has 0 saturated carbocycles. The normalized spacial score (nSPS) is 16.6. The molecule has 1 atom stereocenters. The number of aromatic nitrogens is 1. The molecule has 0 spiro atoms. The van der Waals surface area contributed by atoms with Crippen molar-refractivity contribution in [1.29, 1.82) is 0 Å². The van der Waals surface area contributed by atoms with Crippen molar-refractivity contribution in [1.82, 2.24) is 4.98 Å². The summed E-state index contributed by atoms with van der Waals surface area (Å²) in [7, 11) is 0. The minimum atomic E-state index is -0.735.